The minimum absolute atomic E-state index is 0.770. The van der Waals surface area contributed by atoms with Crippen molar-refractivity contribution >= 4 is 5.69 Å². The maximum Gasteiger partial charge on any atom is 0.119 e. The Hall–Kier alpha value is -1.22. The van der Waals surface area contributed by atoms with E-state index in [0.717, 1.165) is 31.3 Å². The summed E-state index contributed by atoms with van der Waals surface area (Å²) in [5, 5.41) is 6.81. The van der Waals surface area contributed by atoms with Gasteiger partial charge in [-0.1, -0.05) is 0 Å². The fourth-order valence-corrected chi connectivity index (χ4v) is 1.86. The SMILES string of the molecule is COc1ccc(NCC2CCNC2)cc1. The Morgan fingerprint density at radius 1 is 1.40 bits per heavy atom. The lowest BCUT2D eigenvalue weighted by atomic mass is 10.1. The zero-order valence-electron chi connectivity index (χ0n) is 9.12. The number of hydrogen-bond donors (Lipinski definition) is 2. The van der Waals surface area contributed by atoms with E-state index < -0.39 is 0 Å². The molecule has 1 aromatic carbocycles. The van der Waals surface area contributed by atoms with Crippen molar-refractivity contribution in [1.82, 2.24) is 5.32 Å². The van der Waals surface area contributed by atoms with Gasteiger partial charge >= 0.3 is 0 Å². The maximum atomic E-state index is 5.11. The van der Waals surface area contributed by atoms with Crippen LogP contribution in [0.2, 0.25) is 0 Å². The van der Waals surface area contributed by atoms with Gasteiger partial charge in [-0.2, -0.15) is 0 Å². The van der Waals surface area contributed by atoms with Gasteiger partial charge < -0.3 is 15.4 Å². The number of hydrogen-bond acceptors (Lipinski definition) is 3. The molecule has 2 rings (SSSR count). The maximum absolute atomic E-state index is 5.11. The van der Waals surface area contributed by atoms with Crippen LogP contribution in [0.15, 0.2) is 24.3 Å². The van der Waals surface area contributed by atoms with Gasteiger partial charge in [0.25, 0.3) is 0 Å². The molecule has 1 aliphatic rings. The fraction of sp³-hybridized carbons (Fsp3) is 0.500. The van der Waals surface area contributed by atoms with E-state index >= 15 is 0 Å². The summed E-state index contributed by atoms with van der Waals surface area (Å²) >= 11 is 0. The summed E-state index contributed by atoms with van der Waals surface area (Å²) in [5.74, 6) is 1.68. The Balaban J connectivity index is 1.82. The molecule has 3 nitrogen and oxygen atoms in total. The topological polar surface area (TPSA) is 33.3 Å². The Kier molecular flexibility index (Phi) is 3.45. The van der Waals surface area contributed by atoms with Crippen molar-refractivity contribution in [2.24, 2.45) is 5.92 Å². The average molecular weight is 206 g/mol. The number of nitrogens with one attached hydrogen (secondary N) is 2. The first-order chi connectivity index (χ1) is 7.38. The summed E-state index contributed by atoms with van der Waals surface area (Å²) in [6.07, 6.45) is 1.28. The van der Waals surface area contributed by atoms with E-state index in [0.29, 0.717) is 0 Å². The third-order valence-corrected chi connectivity index (χ3v) is 2.85. The Bertz CT molecular complexity index is 291. The van der Waals surface area contributed by atoms with Gasteiger partial charge in [0.15, 0.2) is 0 Å². The highest BCUT2D eigenvalue weighted by Gasteiger charge is 2.13. The van der Waals surface area contributed by atoms with Crippen LogP contribution in [0.1, 0.15) is 6.42 Å². The highest BCUT2D eigenvalue weighted by molar-refractivity contribution is 5.46. The van der Waals surface area contributed by atoms with Crippen molar-refractivity contribution < 1.29 is 4.74 Å². The van der Waals surface area contributed by atoms with Crippen LogP contribution in [-0.2, 0) is 0 Å². The second kappa shape index (κ2) is 5.03. The van der Waals surface area contributed by atoms with Crippen molar-refractivity contribution in [3.8, 4) is 5.75 Å². The van der Waals surface area contributed by atoms with E-state index in [1.54, 1.807) is 7.11 Å². The largest absolute Gasteiger partial charge is 0.497 e. The average Bonchev–Trinajstić information content (AvgIpc) is 2.80. The second-order valence-corrected chi connectivity index (χ2v) is 3.97. The van der Waals surface area contributed by atoms with E-state index in [-0.39, 0.29) is 0 Å². The quantitative estimate of drug-likeness (QED) is 0.787. The lowest BCUT2D eigenvalue weighted by molar-refractivity contribution is 0.415. The van der Waals surface area contributed by atoms with Gasteiger partial charge in [-0.15, -0.1) is 0 Å². The molecule has 2 N–H and O–H groups in total. The van der Waals surface area contributed by atoms with Crippen molar-refractivity contribution in [3.63, 3.8) is 0 Å². The summed E-state index contributed by atoms with van der Waals surface area (Å²) in [7, 11) is 1.69. The van der Waals surface area contributed by atoms with Gasteiger partial charge in [-0.3, -0.25) is 0 Å². The standard InChI is InChI=1S/C12H18N2O/c1-15-12-4-2-11(3-5-12)14-9-10-6-7-13-8-10/h2-5,10,13-14H,6-9H2,1H3. The molecule has 1 aliphatic heterocycles. The summed E-state index contributed by atoms with van der Waals surface area (Å²) in [6, 6.07) is 8.08. The first kappa shape index (κ1) is 10.3. The molecule has 1 atom stereocenters. The third kappa shape index (κ3) is 2.86. The fourth-order valence-electron chi connectivity index (χ4n) is 1.86. The summed E-state index contributed by atoms with van der Waals surface area (Å²) < 4.78 is 5.11. The first-order valence-electron chi connectivity index (χ1n) is 5.47. The number of ether oxygens (including phenoxy) is 1. The molecule has 1 fully saturated rings. The number of rotatable bonds is 4. The molecule has 0 aliphatic carbocycles. The van der Waals surface area contributed by atoms with Crippen LogP contribution in [0.25, 0.3) is 0 Å². The van der Waals surface area contributed by atoms with Crippen LogP contribution in [0.5, 0.6) is 5.75 Å². The van der Waals surface area contributed by atoms with Crippen LogP contribution >= 0.6 is 0 Å². The number of methoxy groups -OCH3 is 1. The van der Waals surface area contributed by atoms with Crippen LogP contribution in [0.4, 0.5) is 5.69 Å². The molecule has 0 saturated carbocycles. The Labute approximate surface area is 90.8 Å². The van der Waals surface area contributed by atoms with Gasteiger partial charge in [-0.05, 0) is 49.7 Å². The second-order valence-electron chi connectivity index (χ2n) is 3.97. The van der Waals surface area contributed by atoms with E-state index in [4.69, 9.17) is 4.74 Å². The zero-order valence-corrected chi connectivity index (χ0v) is 9.12. The minimum Gasteiger partial charge on any atom is -0.497 e. The van der Waals surface area contributed by atoms with Gasteiger partial charge in [-0.25, -0.2) is 0 Å². The molecule has 3 heteroatoms. The molecule has 0 bridgehead atoms. The molecule has 15 heavy (non-hydrogen) atoms. The predicted molar refractivity (Wildman–Crippen MR) is 62.5 cm³/mol. The van der Waals surface area contributed by atoms with Crippen LogP contribution in [0.3, 0.4) is 0 Å². The van der Waals surface area contributed by atoms with Crippen molar-refractivity contribution in [2.75, 3.05) is 32.1 Å². The lowest BCUT2D eigenvalue weighted by Crippen LogP contribution is -2.17. The zero-order chi connectivity index (χ0) is 10.5. The molecular formula is C12H18N2O. The van der Waals surface area contributed by atoms with Crippen LogP contribution in [-0.4, -0.2) is 26.7 Å². The number of benzene rings is 1. The molecular weight excluding hydrogens is 188 g/mol. The Morgan fingerprint density at radius 3 is 2.80 bits per heavy atom. The van der Waals surface area contributed by atoms with E-state index in [1.165, 1.54) is 12.1 Å². The molecule has 1 aromatic rings. The third-order valence-electron chi connectivity index (χ3n) is 2.85. The molecule has 1 unspecified atom stereocenters. The minimum atomic E-state index is 0.770. The highest BCUT2D eigenvalue weighted by Crippen LogP contribution is 2.16. The molecule has 0 spiro atoms. The normalized spacial score (nSPS) is 20.2. The molecule has 82 valence electrons. The lowest BCUT2D eigenvalue weighted by Gasteiger charge is -2.11. The van der Waals surface area contributed by atoms with Gasteiger partial charge in [0.1, 0.15) is 5.75 Å². The van der Waals surface area contributed by atoms with E-state index in [2.05, 4.69) is 22.8 Å². The van der Waals surface area contributed by atoms with Gasteiger partial charge in [0.2, 0.25) is 0 Å². The summed E-state index contributed by atoms with van der Waals surface area (Å²) in [4.78, 5) is 0. The first-order valence-corrected chi connectivity index (χ1v) is 5.47. The Morgan fingerprint density at radius 2 is 2.20 bits per heavy atom. The van der Waals surface area contributed by atoms with Crippen molar-refractivity contribution in [3.05, 3.63) is 24.3 Å². The number of anilines is 1. The van der Waals surface area contributed by atoms with Gasteiger partial charge in [0.05, 0.1) is 7.11 Å². The van der Waals surface area contributed by atoms with Crippen LogP contribution in [0, 0.1) is 5.92 Å². The monoisotopic (exact) mass is 206 g/mol. The van der Waals surface area contributed by atoms with E-state index in [1.807, 2.05) is 12.1 Å². The smallest absolute Gasteiger partial charge is 0.119 e. The molecule has 1 saturated heterocycles. The summed E-state index contributed by atoms with van der Waals surface area (Å²) in [6.45, 7) is 3.36. The highest BCUT2D eigenvalue weighted by atomic mass is 16.5. The molecule has 0 aromatic heterocycles. The molecule has 0 amide bonds. The van der Waals surface area contributed by atoms with Crippen molar-refractivity contribution in [2.45, 2.75) is 6.42 Å². The predicted octanol–water partition coefficient (Wildman–Crippen LogP) is 1.72. The van der Waals surface area contributed by atoms with Crippen molar-refractivity contribution in [1.29, 1.82) is 0 Å². The van der Waals surface area contributed by atoms with Gasteiger partial charge in [0, 0.05) is 12.2 Å². The van der Waals surface area contributed by atoms with E-state index in [9.17, 15) is 0 Å². The summed E-state index contributed by atoms with van der Waals surface area (Å²) in [5.41, 5.74) is 1.17. The molecule has 0 radical (unpaired) electrons. The van der Waals surface area contributed by atoms with Crippen LogP contribution < -0.4 is 15.4 Å². The molecule has 1 heterocycles.